The van der Waals surface area contributed by atoms with Crippen LogP contribution in [0.25, 0.3) is 11.1 Å². The Kier molecular flexibility index (Phi) is 2.97. The molecule has 0 fully saturated rings. The fourth-order valence-electron chi connectivity index (χ4n) is 1.47. The lowest BCUT2D eigenvalue weighted by Gasteiger charge is -2.06. The molecular weight excluding hydrogens is 213 g/mol. The van der Waals surface area contributed by atoms with Gasteiger partial charge in [0.05, 0.1) is 0 Å². The number of halogens is 2. The molecule has 0 spiro atoms. The Labute approximate surface area is 92.5 Å². The van der Waals surface area contributed by atoms with E-state index in [4.69, 9.17) is 11.6 Å². The number of nitrogens with zero attached hydrogens (tertiary/aromatic N) is 1. The van der Waals surface area contributed by atoms with Crippen molar-refractivity contribution in [3.05, 3.63) is 54.1 Å². The molecule has 15 heavy (non-hydrogen) atoms. The highest BCUT2D eigenvalue weighted by atomic mass is 35.5. The molecule has 1 nitrogen and oxygen atoms in total. The highest BCUT2D eigenvalue weighted by Gasteiger charge is 2.04. The van der Waals surface area contributed by atoms with Crippen LogP contribution in [0.3, 0.4) is 0 Å². The number of benzene rings is 1. The lowest BCUT2D eigenvalue weighted by molar-refractivity contribution is 0.628. The van der Waals surface area contributed by atoms with Gasteiger partial charge < -0.3 is 0 Å². The number of aromatic nitrogens is 1. The SMILES string of the molecule is Fc1cccc(-c2ccncc2CCl)c1. The van der Waals surface area contributed by atoms with Crippen LogP contribution in [0, 0.1) is 5.82 Å². The van der Waals surface area contributed by atoms with Gasteiger partial charge in [-0.05, 0) is 34.9 Å². The van der Waals surface area contributed by atoms with E-state index in [1.54, 1.807) is 18.5 Å². The van der Waals surface area contributed by atoms with Crippen LogP contribution in [0.15, 0.2) is 42.7 Å². The number of pyridine rings is 1. The Balaban J connectivity index is 2.53. The molecule has 0 aliphatic rings. The second-order valence-corrected chi connectivity index (χ2v) is 3.44. The van der Waals surface area contributed by atoms with Crippen molar-refractivity contribution in [1.82, 2.24) is 4.98 Å². The maximum Gasteiger partial charge on any atom is 0.123 e. The van der Waals surface area contributed by atoms with Gasteiger partial charge in [-0.15, -0.1) is 11.6 Å². The second-order valence-electron chi connectivity index (χ2n) is 3.18. The maximum absolute atomic E-state index is 13.0. The molecular formula is C12H9ClFN. The summed E-state index contributed by atoms with van der Waals surface area (Å²) in [4.78, 5) is 3.99. The number of hydrogen-bond donors (Lipinski definition) is 0. The van der Waals surface area contributed by atoms with Gasteiger partial charge in [-0.3, -0.25) is 4.98 Å². The molecule has 1 aromatic heterocycles. The molecule has 0 N–H and O–H groups in total. The topological polar surface area (TPSA) is 12.9 Å². The van der Waals surface area contributed by atoms with Crippen molar-refractivity contribution in [2.75, 3.05) is 0 Å². The van der Waals surface area contributed by atoms with E-state index in [1.165, 1.54) is 12.1 Å². The van der Waals surface area contributed by atoms with Crippen LogP contribution in [0.1, 0.15) is 5.56 Å². The highest BCUT2D eigenvalue weighted by molar-refractivity contribution is 6.17. The fraction of sp³-hybridized carbons (Fsp3) is 0.0833. The van der Waals surface area contributed by atoms with Gasteiger partial charge in [0.25, 0.3) is 0 Å². The first kappa shape index (κ1) is 10.1. The molecule has 0 radical (unpaired) electrons. The summed E-state index contributed by atoms with van der Waals surface area (Å²) in [5.41, 5.74) is 2.66. The molecule has 0 amide bonds. The van der Waals surface area contributed by atoms with Crippen LogP contribution >= 0.6 is 11.6 Å². The third-order valence-corrected chi connectivity index (χ3v) is 2.47. The first-order chi connectivity index (χ1) is 7.31. The zero-order valence-corrected chi connectivity index (χ0v) is 8.71. The molecule has 0 atom stereocenters. The number of alkyl halides is 1. The summed E-state index contributed by atoms with van der Waals surface area (Å²) in [5.74, 6) is 0.129. The van der Waals surface area contributed by atoms with Crippen molar-refractivity contribution in [2.24, 2.45) is 0 Å². The van der Waals surface area contributed by atoms with Gasteiger partial charge in [-0.1, -0.05) is 12.1 Å². The van der Waals surface area contributed by atoms with E-state index in [0.29, 0.717) is 5.88 Å². The van der Waals surface area contributed by atoms with Gasteiger partial charge in [-0.2, -0.15) is 0 Å². The molecule has 1 aromatic carbocycles. The van der Waals surface area contributed by atoms with Crippen LogP contribution in [-0.4, -0.2) is 4.98 Å². The van der Waals surface area contributed by atoms with Crippen molar-refractivity contribution in [3.63, 3.8) is 0 Å². The van der Waals surface area contributed by atoms with E-state index in [2.05, 4.69) is 4.98 Å². The first-order valence-corrected chi connectivity index (χ1v) is 5.09. The van der Waals surface area contributed by atoms with E-state index in [-0.39, 0.29) is 5.82 Å². The van der Waals surface area contributed by atoms with E-state index in [9.17, 15) is 4.39 Å². The summed E-state index contributed by atoms with van der Waals surface area (Å²) < 4.78 is 13.0. The molecule has 0 bridgehead atoms. The van der Waals surface area contributed by atoms with Crippen LogP contribution in [0.5, 0.6) is 0 Å². The maximum atomic E-state index is 13.0. The molecule has 76 valence electrons. The van der Waals surface area contributed by atoms with Crippen molar-refractivity contribution in [1.29, 1.82) is 0 Å². The number of hydrogen-bond acceptors (Lipinski definition) is 1. The molecule has 1 heterocycles. The third-order valence-electron chi connectivity index (χ3n) is 2.18. The van der Waals surface area contributed by atoms with Gasteiger partial charge in [0.1, 0.15) is 5.82 Å². The van der Waals surface area contributed by atoms with Crippen molar-refractivity contribution in [2.45, 2.75) is 5.88 Å². The summed E-state index contributed by atoms with van der Waals surface area (Å²) in [6.45, 7) is 0. The molecule has 2 rings (SSSR count). The highest BCUT2D eigenvalue weighted by Crippen LogP contribution is 2.24. The zero-order valence-electron chi connectivity index (χ0n) is 7.95. The van der Waals surface area contributed by atoms with Crippen LogP contribution < -0.4 is 0 Å². The van der Waals surface area contributed by atoms with Crippen molar-refractivity contribution < 1.29 is 4.39 Å². The monoisotopic (exact) mass is 221 g/mol. The fourth-order valence-corrected chi connectivity index (χ4v) is 1.68. The van der Waals surface area contributed by atoms with E-state index >= 15 is 0 Å². The van der Waals surface area contributed by atoms with Gasteiger partial charge in [0.2, 0.25) is 0 Å². The molecule has 0 aliphatic heterocycles. The van der Waals surface area contributed by atoms with Gasteiger partial charge in [0.15, 0.2) is 0 Å². The summed E-state index contributed by atoms with van der Waals surface area (Å²) in [5, 5.41) is 0. The number of rotatable bonds is 2. The minimum absolute atomic E-state index is 0.246. The standard InChI is InChI=1S/C12H9ClFN/c13-7-10-8-15-5-4-12(10)9-2-1-3-11(14)6-9/h1-6,8H,7H2. The first-order valence-electron chi connectivity index (χ1n) is 4.56. The van der Waals surface area contributed by atoms with Crippen LogP contribution in [0.4, 0.5) is 4.39 Å². The molecule has 3 heteroatoms. The van der Waals surface area contributed by atoms with Crippen molar-refractivity contribution >= 4 is 11.6 Å². The molecule has 0 saturated carbocycles. The lowest BCUT2D eigenvalue weighted by Crippen LogP contribution is -1.88. The summed E-state index contributed by atoms with van der Waals surface area (Å²) in [7, 11) is 0. The molecule has 0 saturated heterocycles. The molecule has 2 aromatic rings. The lowest BCUT2D eigenvalue weighted by atomic mass is 10.0. The second kappa shape index (κ2) is 4.41. The summed E-state index contributed by atoms with van der Waals surface area (Å²) in [6, 6.07) is 8.29. The molecule has 0 aliphatic carbocycles. The van der Waals surface area contributed by atoms with Crippen LogP contribution in [0.2, 0.25) is 0 Å². The zero-order chi connectivity index (χ0) is 10.7. The van der Waals surface area contributed by atoms with Gasteiger partial charge in [-0.25, -0.2) is 4.39 Å². The minimum atomic E-state index is -0.246. The van der Waals surface area contributed by atoms with Gasteiger partial charge in [0, 0.05) is 18.3 Å². The predicted octanol–water partition coefficient (Wildman–Crippen LogP) is 3.63. The minimum Gasteiger partial charge on any atom is -0.264 e. The third kappa shape index (κ3) is 2.16. The normalized spacial score (nSPS) is 10.3. The average molecular weight is 222 g/mol. The van der Waals surface area contributed by atoms with E-state index in [0.717, 1.165) is 16.7 Å². The Bertz CT molecular complexity index is 471. The average Bonchev–Trinajstić information content (AvgIpc) is 2.29. The van der Waals surface area contributed by atoms with E-state index in [1.807, 2.05) is 12.1 Å². The summed E-state index contributed by atoms with van der Waals surface area (Å²) >= 11 is 5.79. The predicted molar refractivity (Wildman–Crippen MR) is 59.2 cm³/mol. The smallest absolute Gasteiger partial charge is 0.123 e. The van der Waals surface area contributed by atoms with Gasteiger partial charge >= 0.3 is 0 Å². The Morgan fingerprint density at radius 3 is 2.87 bits per heavy atom. The Morgan fingerprint density at radius 1 is 1.27 bits per heavy atom. The Hall–Kier alpha value is -1.41. The largest absolute Gasteiger partial charge is 0.264 e. The van der Waals surface area contributed by atoms with Crippen LogP contribution in [-0.2, 0) is 5.88 Å². The molecule has 0 unspecified atom stereocenters. The van der Waals surface area contributed by atoms with Crippen molar-refractivity contribution in [3.8, 4) is 11.1 Å². The Morgan fingerprint density at radius 2 is 2.13 bits per heavy atom. The summed E-state index contributed by atoms with van der Waals surface area (Å²) in [6.07, 6.45) is 3.38. The van der Waals surface area contributed by atoms with E-state index < -0.39 is 0 Å². The quantitative estimate of drug-likeness (QED) is 0.706.